The zero-order chi connectivity index (χ0) is 13.5. The summed E-state index contributed by atoms with van der Waals surface area (Å²) in [5.74, 6) is 1.46. The van der Waals surface area contributed by atoms with Crippen molar-refractivity contribution < 1.29 is 4.74 Å². The van der Waals surface area contributed by atoms with E-state index in [0.717, 1.165) is 25.0 Å². The second-order valence-corrected chi connectivity index (χ2v) is 5.04. The summed E-state index contributed by atoms with van der Waals surface area (Å²) in [6.45, 7) is 6.51. The first-order valence-corrected chi connectivity index (χ1v) is 6.64. The molecule has 0 aromatic heterocycles. The Bertz CT molecular complexity index is 429. The van der Waals surface area contributed by atoms with Gasteiger partial charge in [-0.05, 0) is 54.9 Å². The van der Waals surface area contributed by atoms with Gasteiger partial charge >= 0.3 is 0 Å². The molecular weight excluding hydrogens is 222 g/mol. The van der Waals surface area contributed by atoms with Crippen molar-refractivity contribution in [1.82, 2.24) is 0 Å². The maximum absolute atomic E-state index is 8.54. The van der Waals surface area contributed by atoms with Crippen LogP contribution >= 0.6 is 0 Å². The van der Waals surface area contributed by atoms with Crippen molar-refractivity contribution in [3.05, 3.63) is 28.8 Å². The average Bonchev–Trinajstić information content (AvgIpc) is 2.35. The van der Waals surface area contributed by atoms with Crippen LogP contribution in [0.1, 0.15) is 55.7 Å². The van der Waals surface area contributed by atoms with Crippen molar-refractivity contribution in [2.24, 2.45) is 0 Å². The van der Waals surface area contributed by atoms with Gasteiger partial charge in [-0.1, -0.05) is 19.9 Å². The van der Waals surface area contributed by atoms with Gasteiger partial charge in [0.25, 0.3) is 0 Å². The summed E-state index contributed by atoms with van der Waals surface area (Å²) in [4.78, 5) is 0. The number of ether oxygens (including phenoxy) is 1. The summed E-state index contributed by atoms with van der Waals surface area (Å²) in [6, 6.07) is 6.60. The summed E-state index contributed by atoms with van der Waals surface area (Å²) in [6.07, 6.45) is 3.78. The molecule has 0 aliphatic carbocycles. The molecule has 2 nitrogen and oxygen atoms in total. The van der Waals surface area contributed by atoms with Crippen molar-refractivity contribution in [3.8, 4) is 11.8 Å². The summed E-state index contributed by atoms with van der Waals surface area (Å²) in [7, 11) is 1.73. The van der Waals surface area contributed by atoms with Gasteiger partial charge in [0.05, 0.1) is 13.2 Å². The third-order valence-electron chi connectivity index (χ3n) is 3.29. The Balaban J connectivity index is 2.85. The van der Waals surface area contributed by atoms with E-state index in [1.54, 1.807) is 7.11 Å². The minimum Gasteiger partial charge on any atom is -0.496 e. The predicted octanol–water partition coefficient (Wildman–Crippen LogP) is 4.36. The highest BCUT2D eigenvalue weighted by Crippen LogP contribution is 2.30. The van der Waals surface area contributed by atoms with Crippen LogP contribution in [0.25, 0.3) is 0 Å². The lowest BCUT2D eigenvalue weighted by atomic mass is 9.94. The van der Waals surface area contributed by atoms with Crippen molar-refractivity contribution >= 4 is 0 Å². The lowest BCUT2D eigenvalue weighted by molar-refractivity contribution is 0.407. The Labute approximate surface area is 111 Å². The van der Waals surface area contributed by atoms with Crippen LogP contribution < -0.4 is 4.74 Å². The van der Waals surface area contributed by atoms with E-state index in [2.05, 4.69) is 39.0 Å². The third-order valence-corrected chi connectivity index (χ3v) is 3.29. The van der Waals surface area contributed by atoms with E-state index in [4.69, 9.17) is 10.00 Å². The van der Waals surface area contributed by atoms with E-state index in [1.807, 2.05) is 0 Å². The van der Waals surface area contributed by atoms with Crippen LogP contribution in [-0.4, -0.2) is 7.11 Å². The van der Waals surface area contributed by atoms with Gasteiger partial charge in [0.15, 0.2) is 0 Å². The number of rotatable bonds is 6. The first-order chi connectivity index (χ1) is 8.60. The van der Waals surface area contributed by atoms with Gasteiger partial charge in [-0.25, -0.2) is 0 Å². The van der Waals surface area contributed by atoms with Crippen LogP contribution in [0.15, 0.2) is 12.1 Å². The van der Waals surface area contributed by atoms with Gasteiger partial charge in [-0.3, -0.25) is 0 Å². The minimum absolute atomic E-state index is 0.471. The van der Waals surface area contributed by atoms with E-state index in [1.165, 1.54) is 16.7 Å². The van der Waals surface area contributed by atoms with Crippen LogP contribution in [-0.2, 0) is 6.42 Å². The Kier molecular flexibility index (Phi) is 5.71. The van der Waals surface area contributed by atoms with Crippen LogP contribution in [0.5, 0.6) is 5.75 Å². The standard InChI is InChI=1S/C16H23NO/c1-12(2)15-11-14(8-6-5-7-9-17)13(3)10-16(15)18-4/h10-12H,5-8H2,1-4H3. The summed E-state index contributed by atoms with van der Waals surface area (Å²) in [5.41, 5.74) is 3.95. The van der Waals surface area contributed by atoms with E-state index in [0.29, 0.717) is 12.3 Å². The molecule has 0 atom stereocenters. The summed E-state index contributed by atoms with van der Waals surface area (Å²) in [5, 5.41) is 8.54. The average molecular weight is 245 g/mol. The maximum Gasteiger partial charge on any atom is 0.122 e. The van der Waals surface area contributed by atoms with Gasteiger partial charge < -0.3 is 4.74 Å². The zero-order valence-electron chi connectivity index (χ0n) is 11.9. The molecule has 0 spiro atoms. The van der Waals surface area contributed by atoms with Crippen molar-refractivity contribution in [2.45, 2.75) is 52.4 Å². The highest BCUT2D eigenvalue weighted by Gasteiger charge is 2.10. The molecule has 0 radical (unpaired) electrons. The topological polar surface area (TPSA) is 33.0 Å². The molecule has 98 valence electrons. The smallest absolute Gasteiger partial charge is 0.122 e. The van der Waals surface area contributed by atoms with Crippen LogP contribution in [0.4, 0.5) is 0 Å². The first-order valence-electron chi connectivity index (χ1n) is 6.64. The highest BCUT2D eigenvalue weighted by atomic mass is 16.5. The Hall–Kier alpha value is -1.49. The molecule has 1 aromatic carbocycles. The van der Waals surface area contributed by atoms with E-state index >= 15 is 0 Å². The van der Waals surface area contributed by atoms with Crippen LogP contribution in [0, 0.1) is 18.3 Å². The second-order valence-electron chi connectivity index (χ2n) is 5.04. The molecule has 0 unspecified atom stereocenters. The monoisotopic (exact) mass is 245 g/mol. The van der Waals surface area contributed by atoms with Gasteiger partial charge in [-0.15, -0.1) is 0 Å². The molecular formula is C16H23NO. The zero-order valence-corrected chi connectivity index (χ0v) is 11.9. The lowest BCUT2D eigenvalue weighted by Gasteiger charge is -2.16. The normalized spacial score (nSPS) is 10.4. The fourth-order valence-electron chi connectivity index (χ4n) is 2.16. The van der Waals surface area contributed by atoms with E-state index < -0.39 is 0 Å². The number of hydrogen-bond acceptors (Lipinski definition) is 2. The van der Waals surface area contributed by atoms with Gasteiger partial charge in [0, 0.05) is 6.42 Å². The number of methoxy groups -OCH3 is 1. The molecule has 1 rings (SSSR count). The molecule has 0 aliphatic rings. The maximum atomic E-state index is 8.54. The van der Waals surface area contributed by atoms with Crippen LogP contribution in [0.3, 0.4) is 0 Å². The molecule has 0 saturated carbocycles. The molecule has 0 amide bonds. The summed E-state index contributed by atoms with van der Waals surface area (Å²) >= 11 is 0. The highest BCUT2D eigenvalue weighted by molar-refractivity contribution is 5.43. The third kappa shape index (κ3) is 3.77. The van der Waals surface area contributed by atoms with Gasteiger partial charge in [0.1, 0.15) is 5.75 Å². The Morgan fingerprint density at radius 1 is 1.28 bits per heavy atom. The molecule has 2 heteroatoms. The molecule has 0 heterocycles. The minimum atomic E-state index is 0.471. The van der Waals surface area contributed by atoms with E-state index in [9.17, 15) is 0 Å². The quantitative estimate of drug-likeness (QED) is 0.697. The number of nitriles is 1. The lowest BCUT2D eigenvalue weighted by Crippen LogP contribution is -1.99. The first kappa shape index (κ1) is 14.6. The van der Waals surface area contributed by atoms with E-state index in [-0.39, 0.29) is 0 Å². The predicted molar refractivity (Wildman–Crippen MR) is 75.0 cm³/mol. The van der Waals surface area contributed by atoms with Crippen molar-refractivity contribution in [3.63, 3.8) is 0 Å². The molecule has 0 N–H and O–H groups in total. The van der Waals surface area contributed by atoms with Crippen LogP contribution in [0.2, 0.25) is 0 Å². The molecule has 0 fully saturated rings. The Morgan fingerprint density at radius 3 is 2.56 bits per heavy atom. The number of unbranched alkanes of at least 4 members (excludes halogenated alkanes) is 2. The fraction of sp³-hybridized carbons (Fsp3) is 0.562. The van der Waals surface area contributed by atoms with Gasteiger partial charge in [-0.2, -0.15) is 5.26 Å². The molecule has 0 bridgehead atoms. The molecule has 18 heavy (non-hydrogen) atoms. The fourth-order valence-corrected chi connectivity index (χ4v) is 2.16. The van der Waals surface area contributed by atoms with Gasteiger partial charge in [0.2, 0.25) is 0 Å². The largest absolute Gasteiger partial charge is 0.496 e. The second kappa shape index (κ2) is 7.06. The molecule has 0 saturated heterocycles. The number of benzene rings is 1. The molecule has 0 aliphatic heterocycles. The number of nitrogens with zero attached hydrogens (tertiary/aromatic N) is 1. The van der Waals surface area contributed by atoms with Crippen molar-refractivity contribution in [1.29, 1.82) is 5.26 Å². The summed E-state index contributed by atoms with van der Waals surface area (Å²) < 4.78 is 5.44. The number of aryl methyl sites for hydroxylation is 2. The Morgan fingerprint density at radius 2 is 2.00 bits per heavy atom. The number of hydrogen-bond donors (Lipinski definition) is 0. The van der Waals surface area contributed by atoms with Crippen molar-refractivity contribution in [2.75, 3.05) is 7.11 Å². The molecule has 1 aromatic rings. The SMILES string of the molecule is COc1cc(C)c(CCCCC#N)cc1C(C)C.